The Bertz CT molecular complexity index is 338. The van der Waals surface area contributed by atoms with E-state index in [4.69, 9.17) is 4.74 Å². The van der Waals surface area contributed by atoms with E-state index in [9.17, 15) is 0 Å². The van der Waals surface area contributed by atoms with Crippen LogP contribution in [-0.2, 0) is 4.74 Å². The molecule has 3 atom stereocenters. The van der Waals surface area contributed by atoms with Gasteiger partial charge in [0.1, 0.15) is 0 Å². The molecule has 17 heavy (non-hydrogen) atoms. The van der Waals surface area contributed by atoms with Crippen molar-refractivity contribution in [3.63, 3.8) is 0 Å². The first-order valence-electron chi connectivity index (χ1n) is 6.56. The van der Waals surface area contributed by atoms with Gasteiger partial charge in [0.15, 0.2) is 0 Å². The van der Waals surface area contributed by atoms with Crippen LogP contribution in [0.15, 0.2) is 30.3 Å². The zero-order valence-corrected chi connectivity index (χ0v) is 11.1. The standard InChI is InChI=1S/C15H23NO/c1-12-11-15(17-3)9-10-16(12)13(2)14-7-5-4-6-8-14/h4-8,12-13,15H,9-11H2,1-3H3. The van der Waals surface area contributed by atoms with Gasteiger partial charge in [-0.3, -0.25) is 4.90 Å². The maximum absolute atomic E-state index is 5.47. The SMILES string of the molecule is COC1CCN(C(C)c2ccccc2)C(C)C1. The molecule has 1 heterocycles. The monoisotopic (exact) mass is 233 g/mol. The van der Waals surface area contributed by atoms with Gasteiger partial charge in [0.25, 0.3) is 0 Å². The van der Waals surface area contributed by atoms with E-state index >= 15 is 0 Å². The van der Waals surface area contributed by atoms with Crippen molar-refractivity contribution in [1.82, 2.24) is 4.90 Å². The van der Waals surface area contributed by atoms with E-state index in [0.717, 1.165) is 19.4 Å². The summed E-state index contributed by atoms with van der Waals surface area (Å²) in [5, 5.41) is 0. The van der Waals surface area contributed by atoms with E-state index < -0.39 is 0 Å². The Hall–Kier alpha value is -0.860. The smallest absolute Gasteiger partial charge is 0.0598 e. The maximum atomic E-state index is 5.47. The first-order chi connectivity index (χ1) is 8.22. The number of hydrogen-bond donors (Lipinski definition) is 0. The Labute approximate surface area is 105 Å². The topological polar surface area (TPSA) is 12.5 Å². The number of ether oxygens (including phenoxy) is 1. The predicted octanol–water partition coefficient (Wildman–Crippen LogP) is 3.25. The highest BCUT2D eigenvalue weighted by Crippen LogP contribution is 2.28. The molecule has 0 amide bonds. The summed E-state index contributed by atoms with van der Waals surface area (Å²) in [7, 11) is 1.83. The summed E-state index contributed by atoms with van der Waals surface area (Å²) in [6.07, 6.45) is 2.75. The lowest BCUT2D eigenvalue weighted by Gasteiger charge is -2.41. The molecule has 3 unspecified atom stereocenters. The van der Waals surface area contributed by atoms with Gasteiger partial charge in [-0.25, -0.2) is 0 Å². The van der Waals surface area contributed by atoms with Crippen LogP contribution in [0.3, 0.4) is 0 Å². The molecule has 0 bridgehead atoms. The molecule has 0 aromatic heterocycles. The fourth-order valence-electron chi connectivity index (χ4n) is 2.86. The van der Waals surface area contributed by atoms with Crippen molar-refractivity contribution in [3.8, 4) is 0 Å². The molecular formula is C15H23NO. The van der Waals surface area contributed by atoms with Crippen molar-refractivity contribution in [2.45, 2.75) is 44.9 Å². The predicted molar refractivity (Wildman–Crippen MR) is 71.1 cm³/mol. The second-order valence-corrected chi connectivity index (χ2v) is 5.06. The highest BCUT2D eigenvalue weighted by molar-refractivity contribution is 5.18. The molecule has 1 aliphatic rings. The summed E-state index contributed by atoms with van der Waals surface area (Å²) in [6.45, 7) is 5.75. The number of benzene rings is 1. The van der Waals surface area contributed by atoms with Crippen molar-refractivity contribution in [1.29, 1.82) is 0 Å². The van der Waals surface area contributed by atoms with Gasteiger partial charge in [-0.1, -0.05) is 30.3 Å². The molecule has 1 aromatic carbocycles. The van der Waals surface area contributed by atoms with Crippen molar-refractivity contribution < 1.29 is 4.74 Å². The van der Waals surface area contributed by atoms with Gasteiger partial charge in [-0.2, -0.15) is 0 Å². The summed E-state index contributed by atoms with van der Waals surface area (Å²) in [6, 6.07) is 11.9. The average Bonchev–Trinajstić information content (AvgIpc) is 2.39. The summed E-state index contributed by atoms with van der Waals surface area (Å²) >= 11 is 0. The van der Waals surface area contributed by atoms with E-state index in [1.807, 2.05) is 7.11 Å². The maximum Gasteiger partial charge on any atom is 0.0598 e. The number of piperidine rings is 1. The zero-order chi connectivity index (χ0) is 12.3. The Morgan fingerprint density at radius 1 is 1.29 bits per heavy atom. The molecule has 94 valence electrons. The lowest BCUT2D eigenvalue weighted by atomic mass is 9.96. The highest BCUT2D eigenvalue weighted by atomic mass is 16.5. The van der Waals surface area contributed by atoms with Gasteiger partial charge in [-0.05, 0) is 32.3 Å². The lowest BCUT2D eigenvalue weighted by molar-refractivity contribution is 0.00125. The minimum Gasteiger partial charge on any atom is -0.381 e. The van der Waals surface area contributed by atoms with E-state index in [-0.39, 0.29) is 0 Å². The summed E-state index contributed by atoms with van der Waals surface area (Å²) in [4.78, 5) is 2.59. The number of hydrogen-bond acceptors (Lipinski definition) is 2. The average molecular weight is 233 g/mol. The molecule has 1 fully saturated rings. The Balaban J connectivity index is 2.03. The van der Waals surface area contributed by atoms with Crippen LogP contribution in [-0.4, -0.2) is 30.7 Å². The number of rotatable bonds is 3. The molecule has 2 nitrogen and oxygen atoms in total. The van der Waals surface area contributed by atoms with Crippen molar-refractivity contribution in [2.75, 3.05) is 13.7 Å². The Morgan fingerprint density at radius 2 is 2.00 bits per heavy atom. The van der Waals surface area contributed by atoms with Crippen molar-refractivity contribution >= 4 is 0 Å². The second-order valence-electron chi connectivity index (χ2n) is 5.06. The van der Waals surface area contributed by atoms with Gasteiger partial charge in [0.05, 0.1) is 6.10 Å². The molecule has 0 spiro atoms. The van der Waals surface area contributed by atoms with Crippen LogP contribution >= 0.6 is 0 Å². The Kier molecular flexibility index (Phi) is 4.19. The van der Waals surface area contributed by atoms with Crippen LogP contribution in [0.2, 0.25) is 0 Å². The molecule has 0 aliphatic carbocycles. The third-order valence-corrected chi connectivity index (χ3v) is 3.99. The summed E-state index contributed by atoms with van der Waals surface area (Å²) in [5.41, 5.74) is 1.41. The molecule has 2 heteroatoms. The number of nitrogens with zero attached hydrogens (tertiary/aromatic N) is 1. The molecule has 1 saturated heterocycles. The first kappa shape index (κ1) is 12.6. The molecule has 1 aromatic rings. The third-order valence-electron chi connectivity index (χ3n) is 3.99. The highest BCUT2D eigenvalue weighted by Gasteiger charge is 2.28. The van der Waals surface area contributed by atoms with E-state index in [2.05, 4.69) is 49.1 Å². The number of likely N-dealkylation sites (tertiary alicyclic amines) is 1. The van der Waals surface area contributed by atoms with Gasteiger partial charge >= 0.3 is 0 Å². The van der Waals surface area contributed by atoms with E-state index in [1.165, 1.54) is 5.56 Å². The normalized spacial score (nSPS) is 27.9. The van der Waals surface area contributed by atoms with Crippen LogP contribution in [0.25, 0.3) is 0 Å². The van der Waals surface area contributed by atoms with Crippen LogP contribution in [0, 0.1) is 0 Å². The molecule has 0 N–H and O–H groups in total. The van der Waals surface area contributed by atoms with E-state index in [0.29, 0.717) is 18.2 Å². The minimum absolute atomic E-state index is 0.448. The molecule has 2 rings (SSSR count). The summed E-state index contributed by atoms with van der Waals surface area (Å²) in [5.74, 6) is 0. The fourth-order valence-corrected chi connectivity index (χ4v) is 2.86. The number of methoxy groups -OCH3 is 1. The first-order valence-corrected chi connectivity index (χ1v) is 6.56. The molecule has 1 aliphatic heterocycles. The van der Waals surface area contributed by atoms with Crippen molar-refractivity contribution in [2.24, 2.45) is 0 Å². The molecular weight excluding hydrogens is 210 g/mol. The van der Waals surface area contributed by atoms with Gasteiger partial charge in [0, 0.05) is 25.7 Å². The molecule has 0 saturated carbocycles. The Morgan fingerprint density at radius 3 is 2.59 bits per heavy atom. The second kappa shape index (κ2) is 5.65. The van der Waals surface area contributed by atoms with Gasteiger partial charge < -0.3 is 4.74 Å². The fraction of sp³-hybridized carbons (Fsp3) is 0.600. The van der Waals surface area contributed by atoms with Gasteiger partial charge in [0.2, 0.25) is 0 Å². The van der Waals surface area contributed by atoms with Crippen molar-refractivity contribution in [3.05, 3.63) is 35.9 Å². The lowest BCUT2D eigenvalue weighted by Crippen LogP contribution is -2.44. The summed E-state index contributed by atoms with van der Waals surface area (Å²) < 4.78 is 5.47. The van der Waals surface area contributed by atoms with Crippen LogP contribution in [0.4, 0.5) is 0 Å². The van der Waals surface area contributed by atoms with Crippen LogP contribution in [0.5, 0.6) is 0 Å². The quantitative estimate of drug-likeness (QED) is 0.794. The molecule has 0 radical (unpaired) electrons. The van der Waals surface area contributed by atoms with Gasteiger partial charge in [-0.15, -0.1) is 0 Å². The minimum atomic E-state index is 0.448. The van der Waals surface area contributed by atoms with E-state index in [1.54, 1.807) is 0 Å². The van der Waals surface area contributed by atoms with Crippen LogP contribution in [0.1, 0.15) is 38.3 Å². The largest absolute Gasteiger partial charge is 0.381 e. The zero-order valence-electron chi connectivity index (χ0n) is 11.1. The third kappa shape index (κ3) is 2.88. The van der Waals surface area contributed by atoms with Crippen LogP contribution < -0.4 is 0 Å².